The van der Waals surface area contributed by atoms with E-state index in [1.165, 1.54) is 24.8 Å². The van der Waals surface area contributed by atoms with Gasteiger partial charge in [0, 0.05) is 37.2 Å². The smallest absolute Gasteiger partial charge is 0.251 e. The molecule has 0 atom stereocenters. The largest absolute Gasteiger partial charge is 0.491 e. The molecule has 2 heterocycles. The van der Waals surface area contributed by atoms with Crippen LogP contribution in [0.15, 0.2) is 66.7 Å². The molecule has 2 N–H and O–H groups in total. The third-order valence-corrected chi connectivity index (χ3v) is 7.32. The molecule has 204 valence electrons. The number of piperidine rings is 1. The molecule has 2 bridgehead atoms. The molecule has 2 amide bonds. The lowest BCUT2D eigenvalue weighted by molar-refractivity contribution is 0.0865. The molecule has 0 aromatic heterocycles. The number of carbonyl (C=O) groups excluding carboxylic acids is 2. The van der Waals surface area contributed by atoms with E-state index in [1.807, 2.05) is 42.5 Å². The third kappa shape index (κ3) is 7.46. The lowest BCUT2D eigenvalue weighted by Crippen LogP contribution is -2.30. The van der Waals surface area contributed by atoms with Gasteiger partial charge in [-0.1, -0.05) is 42.8 Å². The minimum atomic E-state index is -0.124. The Labute approximate surface area is 230 Å². The molecule has 0 radical (unpaired) electrons. The summed E-state index contributed by atoms with van der Waals surface area (Å²) in [4.78, 5) is 28.3. The first-order valence-electron chi connectivity index (χ1n) is 13.9. The molecule has 3 aromatic carbocycles. The van der Waals surface area contributed by atoms with Crippen molar-refractivity contribution in [3.8, 4) is 5.75 Å². The molecular formula is C32H37N3O4. The number of fused-ring (bicyclic) bond motifs is 3. The van der Waals surface area contributed by atoms with Crippen molar-refractivity contribution < 1.29 is 19.1 Å². The van der Waals surface area contributed by atoms with Crippen molar-refractivity contribution in [2.75, 3.05) is 39.5 Å². The average molecular weight is 528 g/mol. The molecule has 0 aliphatic carbocycles. The van der Waals surface area contributed by atoms with Crippen LogP contribution >= 0.6 is 0 Å². The summed E-state index contributed by atoms with van der Waals surface area (Å²) in [5.41, 5.74) is 5.46. The SMILES string of the molecule is O=C1NCCOCCOc2ccc(C(=O)NCc3ccccc3CN3CCCCC3)cc2Cc2cccc1c2. The first kappa shape index (κ1) is 26.9. The van der Waals surface area contributed by atoms with Gasteiger partial charge in [-0.05, 0) is 78.5 Å². The van der Waals surface area contributed by atoms with Crippen LogP contribution in [0.2, 0.25) is 0 Å². The number of carbonyl (C=O) groups is 2. The van der Waals surface area contributed by atoms with Crippen LogP contribution in [0.25, 0.3) is 0 Å². The fraction of sp³-hybridized carbons (Fsp3) is 0.375. The average Bonchev–Trinajstić information content (AvgIpc) is 2.97. The van der Waals surface area contributed by atoms with E-state index in [0.717, 1.165) is 36.3 Å². The summed E-state index contributed by atoms with van der Waals surface area (Å²) >= 11 is 0. The van der Waals surface area contributed by atoms with Crippen molar-refractivity contribution in [3.05, 3.63) is 100 Å². The van der Waals surface area contributed by atoms with E-state index in [4.69, 9.17) is 9.47 Å². The highest BCUT2D eigenvalue weighted by Gasteiger charge is 2.16. The lowest BCUT2D eigenvalue weighted by atomic mass is 9.99. The molecule has 0 spiro atoms. The lowest BCUT2D eigenvalue weighted by Gasteiger charge is -2.27. The van der Waals surface area contributed by atoms with Crippen LogP contribution in [0.3, 0.4) is 0 Å². The van der Waals surface area contributed by atoms with Crippen molar-refractivity contribution in [3.63, 3.8) is 0 Å². The summed E-state index contributed by atoms with van der Waals surface area (Å²) in [6.45, 7) is 5.34. The Morgan fingerprint density at radius 2 is 1.74 bits per heavy atom. The van der Waals surface area contributed by atoms with Crippen molar-refractivity contribution in [2.45, 2.75) is 38.8 Å². The first-order valence-corrected chi connectivity index (χ1v) is 13.9. The van der Waals surface area contributed by atoms with Crippen molar-refractivity contribution in [1.82, 2.24) is 15.5 Å². The maximum absolute atomic E-state index is 13.3. The van der Waals surface area contributed by atoms with Gasteiger partial charge in [0.1, 0.15) is 12.4 Å². The van der Waals surface area contributed by atoms with Gasteiger partial charge in [0.15, 0.2) is 0 Å². The quantitative estimate of drug-likeness (QED) is 0.516. The van der Waals surface area contributed by atoms with E-state index in [1.54, 1.807) is 6.07 Å². The van der Waals surface area contributed by atoms with Crippen LogP contribution < -0.4 is 15.4 Å². The Morgan fingerprint density at radius 3 is 2.62 bits per heavy atom. The van der Waals surface area contributed by atoms with Crippen LogP contribution in [0.1, 0.15) is 62.2 Å². The highest BCUT2D eigenvalue weighted by atomic mass is 16.5. The molecule has 7 heteroatoms. The summed E-state index contributed by atoms with van der Waals surface area (Å²) in [7, 11) is 0. The molecule has 0 unspecified atom stereocenters. The Bertz CT molecular complexity index is 1290. The van der Waals surface area contributed by atoms with Gasteiger partial charge in [-0.3, -0.25) is 14.5 Å². The number of nitrogens with one attached hydrogen (secondary N) is 2. The predicted octanol–water partition coefficient (Wildman–Crippen LogP) is 4.33. The zero-order valence-electron chi connectivity index (χ0n) is 22.4. The summed E-state index contributed by atoms with van der Waals surface area (Å²) in [6.07, 6.45) is 4.36. The van der Waals surface area contributed by atoms with E-state index >= 15 is 0 Å². The van der Waals surface area contributed by atoms with Crippen LogP contribution in [-0.4, -0.2) is 56.2 Å². The molecule has 3 aromatic rings. The van der Waals surface area contributed by atoms with Crippen LogP contribution in [0, 0.1) is 0 Å². The van der Waals surface area contributed by atoms with Crippen molar-refractivity contribution in [1.29, 1.82) is 0 Å². The normalized spacial score (nSPS) is 16.8. The molecule has 1 saturated heterocycles. The van der Waals surface area contributed by atoms with Crippen LogP contribution in [0.4, 0.5) is 0 Å². The van der Waals surface area contributed by atoms with E-state index < -0.39 is 0 Å². The van der Waals surface area contributed by atoms with E-state index in [0.29, 0.717) is 56.2 Å². The predicted molar refractivity (Wildman–Crippen MR) is 151 cm³/mol. The summed E-state index contributed by atoms with van der Waals surface area (Å²) in [5.74, 6) is 0.470. The Morgan fingerprint density at radius 1 is 0.897 bits per heavy atom. The topological polar surface area (TPSA) is 79.9 Å². The molecule has 0 saturated carbocycles. The van der Waals surface area contributed by atoms with E-state index in [2.05, 4.69) is 33.7 Å². The molecule has 1 fully saturated rings. The minimum Gasteiger partial charge on any atom is -0.491 e. The molecule has 2 aliphatic rings. The fourth-order valence-electron chi connectivity index (χ4n) is 5.21. The Balaban J connectivity index is 1.31. The number of nitrogens with zero attached hydrogens (tertiary/aromatic N) is 1. The van der Waals surface area contributed by atoms with Gasteiger partial charge in [-0.2, -0.15) is 0 Å². The van der Waals surface area contributed by atoms with Gasteiger partial charge in [-0.15, -0.1) is 0 Å². The first-order chi connectivity index (χ1) is 19.2. The van der Waals surface area contributed by atoms with Crippen molar-refractivity contribution in [2.24, 2.45) is 0 Å². The maximum Gasteiger partial charge on any atom is 0.251 e. The number of ether oxygens (including phenoxy) is 2. The second-order valence-corrected chi connectivity index (χ2v) is 10.2. The Kier molecular flexibility index (Phi) is 9.25. The van der Waals surface area contributed by atoms with Gasteiger partial charge in [0.2, 0.25) is 0 Å². The second-order valence-electron chi connectivity index (χ2n) is 10.2. The highest BCUT2D eigenvalue weighted by Crippen LogP contribution is 2.25. The summed E-state index contributed by atoms with van der Waals surface area (Å²) in [5, 5.41) is 6.01. The zero-order valence-corrected chi connectivity index (χ0v) is 22.4. The van der Waals surface area contributed by atoms with Gasteiger partial charge >= 0.3 is 0 Å². The zero-order chi connectivity index (χ0) is 26.9. The number of rotatable bonds is 5. The number of hydrogen-bond acceptors (Lipinski definition) is 5. The molecule has 5 rings (SSSR count). The minimum absolute atomic E-state index is 0.123. The van der Waals surface area contributed by atoms with Gasteiger partial charge in [0.25, 0.3) is 11.8 Å². The summed E-state index contributed by atoms with van der Waals surface area (Å²) < 4.78 is 11.6. The number of benzene rings is 3. The monoisotopic (exact) mass is 527 g/mol. The number of hydrogen-bond donors (Lipinski definition) is 2. The number of likely N-dealkylation sites (tertiary alicyclic amines) is 1. The van der Waals surface area contributed by atoms with E-state index in [-0.39, 0.29) is 11.8 Å². The van der Waals surface area contributed by atoms with Crippen LogP contribution in [0.5, 0.6) is 5.75 Å². The van der Waals surface area contributed by atoms with Gasteiger partial charge < -0.3 is 20.1 Å². The summed E-state index contributed by atoms with van der Waals surface area (Å²) in [6, 6.07) is 21.5. The van der Waals surface area contributed by atoms with Gasteiger partial charge in [0.05, 0.1) is 13.2 Å². The molecule has 7 nitrogen and oxygen atoms in total. The number of amides is 2. The van der Waals surface area contributed by atoms with Gasteiger partial charge in [-0.25, -0.2) is 0 Å². The van der Waals surface area contributed by atoms with Crippen molar-refractivity contribution >= 4 is 11.8 Å². The highest BCUT2D eigenvalue weighted by molar-refractivity contribution is 5.95. The molecule has 2 aliphatic heterocycles. The fourth-order valence-corrected chi connectivity index (χ4v) is 5.21. The van der Waals surface area contributed by atoms with E-state index in [9.17, 15) is 9.59 Å². The standard InChI is InChI=1S/C32H37N3O4/c36-31-25-10-6-7-24(19-25)20-29-21-26(11-12-30(29)39-18-17-38-16-13-33-31)32(37)34-22-27-8-2-3-9-28(27)23-35-14-4-1-5-15-35/h2-3,6-12,19,21H,1,4-5,13-18,20,22-23H2,(H,33,36)(H,34,37). The van der Waals surface area contributed by atoms with Crippen LogP contribution in [-0.2, 0) is 24.2 Å². The third-order valence-electron chi connectivity index (χ3n) is 7.32. The molecule has 39 heavy (non-hydrogen) atoms. The Hall–Kier alpha value is -3.68. The maximum atomic E-state index is 13.3. The molecular weight excluding hydrogens is 490 g/mol. The second kappa shape index (κ2) is 13.4.